The summed E-state index contributed by atoms with van der Waals surface area (Å²) in [4.78, 5) is 11.4. The molecule has 0 aromatic heterocycles. The van der Waals surface area contributed by atoms with E-state index in [1.165, 1.54) is 6.42 Å². The molecule has 2 saturated carbocycles. The molecule has 3 nitrogen and oxygen atoms in total. The van der Waals surface area contributed by atoms with Crippen molar-refractivity contribution in [3.8, 4) is 0 Å². The highest BCUT2D eigenvalue weighted by molar-refractivity contribution is 7.99. The Kier molecular flexibility index (Phi) is 3.21. The Hall–Kier alpha value is -0.380. The quantitative estimate of drug-likeness (QED) is 0.751. The van der Waals surface area contributed by atoms with Gasteiger partial charge in [-0.3, -0.25) is 0 Å². The van der Waals surface area contributed by atoms with E-state index >= 15 is 0 Å². The average Bonchev–Trinajstić information content (AvgIpc) is 2.83. The molecule has 2 aliphatic rings. The summed E-state index contributed by atoms with van der Waals surface area (Å²) < 4.78 is 0. The lowest BCUT2D eigenvalue weighted by atomic mass is 10.2. The van der Waals surface area contributed by atoms with Gasteiger partial charge in [0.05, 0.1) is 0 Å². The lowest BCUT2D eigenvalue weighted by molar-refractivity contribution is 0.236. The van der Waals surface area contributed by atoms with Crippen LogP contribution in [0.1, 0.15) is 32.1 Å². The van der Waals surface area contributed by atoms with Gasteiger partial charge in [-0.05, 0) is 38.4 Å². The lowest BCUT2D eigenvalue weighted by Gasteiger charge is -2.13. The SMILES string of the molecule is CSC1CCC(NC(=O)NC2CC2)C1. The van der Waals surface area contributed by atoms with E-state index in [9.17, 15) is 4.79 Å². The number of thioether (sulfide) groups is 1. The topological polar surface area (TPSA) is 41.1 Å². The number of carbonyl (C=O) groups is 1. The number of nitrogens with one attached hydrogen (secondary N) is 2. The fourth-order valence-corrected chi connectivity index (χ4v) is 2.72. The second-order valence-electron chi connectivity index (χ2n) is 4.26. The van der Waals surface area contributed by atoms with Gasteiger partial charge in [0.15, 0.2) is 0 Å². The molecule has 80 valence electrons. The molecule has 0 aromatic rings. The predicted molar refractivity (Wildman–Crippen MR) is 59.6 cm³/mol. The van der Waals surface area contributed by atoms with Gasteiger partial charge in [0.1, 0.15) is 0 Å². The molecule has 2 aliphatic carbocycles. The molecule has 0 spiro atoms. The molecule has 2 atom stereocenters. The van der Waals surface area contributed by atoms with Gasteiger partial charge in [-0.1, -0.05) is 0 Å². The first-order valence-corrected chi connectivity index (χ1v) is 6.66. The predicted octanol–water partition coefficient (Wildman–Crippen LogP) is 1.73. The molecular weight excluding hydrogens is 196 g/mol. The number of hydrogen-bond donors (Lipinski definition) is 2. The first-order chi connectivity index (χ1) is 6.78. The maximum Gasteiger partial charge on any atom is 0.315 e. The van der Waals surface area contributed by atoms with Crippen LogP contribution >= 0.6 is 11.8 Å². The van der Waals surface area contributed by atoms with Crippen LogP contribution < -0.4 is 10.6 Å². The van der Waals surface area contributed by atoms with Crippen molar-refractivity contribution in [1.29, 1.82) is 0 Å². The van der Waals surface area contributed by atoms with Crippen LogP contribution in [0.25, 0.3) is 0 Å². The zero-order chi connectivity index (χ0) is 9.97. The molecule has 14 heavy (non-hydrogen) atoms. The van der Waals surface area contributed by atoms with E-state index in [4.69, 9.17) is 0 Å². The van der Waals surface area contributed by atoms with Gasteiger partial charge >= 0.3 is 6.03 Å². The van der Waals surface area contributed by atoms with Crippen LogP contribution in [0.3, 0.4) is 0 Å². The standard InChI is InChI=1S/C10H18N2OS/c1-14-9-5-4-8(6-9)12-10(13)11-7-2-3-7/h7-9H,2-6H2,1H3,(H2,11,12,13). The summed E-state index contributed by atoms with van der Waals surface area (Å²) in [5.41, 5.74) is 0. The summed E-state index contributed by atoms with van der Waals surface area (Å²) in [6, 6.07) is 0.915. The minimum Gasteiger partial charge on any atom is -0.335 e. The molecule has 4 heteroatoms. The first-order valence-electron chi connectivity index (χ1n) is 5.37. The number of amides is 2. The van der Waals surface area contributed by atoms with Crippen LogP contribution in [0.5, 0.6) is 0 Å². The van der Waals surface area contributed by atoms with Crippen molar-refractivity contribution >= 4 is 17.8 Å². The zero-order valence-electron chi connectivity index (χ0n) is 8.58. The van der Waals surface area contributed by atoms with Crippen molar-refractivity contribution in [3.63, 3.8) is 0 Å². The highest BCUT2D eigenvalue weighted by atomic mass is 32.2. The van der Waals surface area contributed by atoms with Crippen molar-refractivity contribution in [2.45, 2.75) is 49.4 Å². The third-order valence-electron chi connectivity index (χ3n) is 2.97. The molecule has 2 rings (SSSR count). The van der Waals surface area contributed by atoms with Crippen molar-refractivity contribution in [2.24, 2.45) is 0 Å². The fraction of sp³-hybridized carbons (Fsp3) is 0.900. The van der Waals surface area contributed by atoms with Crippen LogP contribution in [0, 0.1) is 0 Å². The normalized spacial score (nSPS) is 31.5. The highest BCUT2D eigenvalue weighted by Crippen LogP contribution is 2.28. The first kappa shape index (κ1) is 10.1. The van der Waals surface area contributed by atoms with E-state index in [2.05, 4.69) is 16.9 Å². The van der Waals surface area contributed by atoms with Crippen LogP contribution in [0.2, 0.25) is 0 Å². The third kappa shape index (κ3) is 2.80. The Morgan fingerprint density at radius 2 is 1.79 bits per heavy atom. The van der Waals surface area contributed by atoms with E-state index in [0.717, 1.165) is 30.9 Å². The van der Waals surface area contributed by atoms with Crippen molar-refractivity contribution < 1.29 is 4.79 Å². The van der Waals surface area contributed by atoms with Crippen molar-refractivity contribution in [2.75, 3.05) is 6.26 Å². The third-order valence-corrected chi connectivity index (χ3v) is 4.06. The average molecular weight is 214 g/mol. The van der Waals surface area contributed by atoms with Gasteiger partial charge in [0, 0.05) is 17.3 Å². The second kappa shape index (κ2) is 4.43. The fourth-order valence-electron chi connectivity index (χ4n) is 1.93. The Balaban J connectivity index is 1.66. The molecule has 2 N–H and O–H groups in total. The van der Waals surface area contributed by atoms with E-state index in [1.54, 1.807) is 0 Å². The minimum absolute atomic E-state index is 0.0410. The van der Waals surface area contributed by atoms with Gasteiger partial charge in [0.2, 0.25) is 0 Å². The van der Waals surface area contributed by atoms with E-state index in [-0.39, 0.29) is 6.03 Å². The van der Waals surface area contributed by atoms with Crippen LogP contribution in [-0.4, -0.2) is 29.6 Å². The van der Waals surface area contributed by atoms with Gasteiger partial charge < -0.3 is 10.6 Å². The summed E-state index contributed by atoms with van der Waals surface area (Å²) in [7, 11) is 0. The largest absolute Gasteiger partial charge is 0.335 e. The van der Waals surface area contributed by atoms with E-state index < -0.39 is 0 Å². The number of carbonyl (C=O) groups excluding carboxylic acids is 1. The van der Waals surface area contributed by atoms with Crippen LogP contribution in [0.4, 0.5) is 4.79 Å². The monoisotopic (exact) mass is 214 g/mol. The number of hydrogen-bond acceptors (Lipinski definition) is 2. The molecule has 0 bridgehead atoms. The Morgan fingerprint density at radius 3 is 2.36 bits per heavy atom. The molecule has 0 aliphatic heterocycles. The molecule has 0 radical (unpaired) electrons. The van der Waals surface area contributed by atoms with Gasteiger partial charge in [-0.2, -0.15) is 11.8 Å². The highest BCUT2D eigenvalue weighted by Gasteiger charge is 2.27. The molecule has 2 unspecified atom stereocenters. The van der Waals surface area contributed by atoms with Gasteiger partial charge in [-0.15, -0.1) is 0 Å². The zero-order valence-corrected chi connectivity index (χ0v) is 9.40. The summed E-state index contributed by atoms with van der Waals surface area (Å²) >= 11 is 1.92. The maximum atomic E-state index is 11.4. The summed E-state index contributed by atoms with van der Waals surface area (Å²) in [6.45, 7) is 0. The van der Waals surface area contributed by atoms with Gasteiger partial charge in [-0.25, -0.2) is 4.79 Å². The van der Waals surface area contributed by atoms with E-state index in [0.29, 0.717) is 12.1 Å². The lowest BCUT2D eigenvalue weighted by Crippen LogP contribution is -2.42. The molecular formula is C10H18N2OS. The van der Waals surface area contributed by atoms with E-state index in [1.807, 2.05) is 11.8 Å². The summed E-state index contributed by atoms with van der Waals surface area (Å²) in [5, 5.41) is 6.76. The maximum absolute atomic E-state index is 11.4. The Labute approximate surface area is 89.4 Å². The van der Waals surface area contributed by atoms with Crippen molar-refractivity contribution in [3.05, 3.63) is 0 Å². The molecule has 2 fully saturated rings. The smallest absolute Gasteiger partial charge is 0.315 e. The molecule has 2 amide bonds. The molecule has 0 heterocycles. The number of urea groups is 1. The molecule has 0 saturated heterocycles. The van der Waals surface area contributed by atoms with Crippen LogP contribution in [0.15, 0.2) is 0 Å². The summed E-state index contributed by atoms with van der Waals surface area (Å²) in [5.74, 6) is 0. The Morgan fingerprint density at radius 1 is 1.14 bits per heavy atom. The number of rotatable bonds is 3. The second-order valence-corrected chi connectivity index (χ2v) is 5.40. The minimum atomic E-state index is 0.0410. The summed E-state index contributed by atoms with van der Waals surface area (Å²) in [6.07, 6.45) is 7.99. The van der Waals surface area contributed by atoms with Crippen LogP contribution in [-0.2, 0) is 0 Å². The van der Waals surface area contributed by atoms with Gasteiger partial charge in [0.25, 0.3) is 0 Å². The molecule has 0 aromatic carbocycles. The van der Waals surface area contributed by atoms with Crippen molar-refractivity contribution in [1.82, 2.24) is 10.6 Å². The Bertz CT molecular complexity index is 218.